The molecule has 4 aromatic rings. The molecule has 0 spiro atoms. The molecule has 2 aromatic heterocycles. The van der Waals surface area contributed by atoms with Gasteiger partial charge in [0.25, 0.3) is 5.89 Å². The van der Waals surface area contributed by atoms with Gasteiger partial charge in [-0.3, -0.25) is 0 Å². The topological polar surface area (TPSA) is 76.8 Å². The van der Waals surface area contributed by atoms with Gasteiger partial charge >= 0.3 is 6.18 Å². The van der Waals surface area contributed by atoms with Crippen LogP contribution in [0.15, 0.2) is 47.2 Å². The van der Waals surface area contributed by atoms with Crippen molar-refractivity contribution < 1.29 is 22.4 Å². The highest BCUT2D eigenvalue weighted by atomic mass is 35.5. The minimum absolute atomic E-state index is 0. The highest BCUT2D eigenvalue weighted by Gasteiger charge is 2.38. The lowest BCUT2D eigenvalue weighted by Gasteiger charge is -2.18. The maximum Gasteiger partial charge on any atom is 0.425 e. The molecule has 11 heteroatoms. The molecular weight excluding hydrogens is 432 g/mol. The average Bonchev–Trinajstić information content (AvgIpc) is 3.31. The Morgan fingerprint density at radius 1 is 1.14 bits per heavy atom. The van der Waals surface area contributed by atoms with Crippen LogP contribution in [-0.2, 0) is 0 Å². The van der Waals surface area contributed by atoms with E-state index < -0.39 is 12.3 Å². The summed E-state index contributed by atoms with van der Waals surface area (Å²) in [5.74, 6) is 0.449. The van der Waals surface area contributed by atoms with Crippen molar-refractivity contribution in [3.63, 3.8) is 0 Å². The normalized spacial score (nSPS) is 12.6. The Bertz CT molecular complexity index is 1140. The molecule has 0 aliphatic rings. The molecule has 0 bridgehead atoms. The second-order valence-electron chi connectivity index (χ2n) is 6.00. The first kappa shape index (κ1) is 20.9. The van der Waals surface area contributed by atoms with Crippen molar-refractivity contribution >= 4 is 35.0 Å². The first-order valence-corrected chi connectivity index (χ1v) is 8.49. The van der Waals surface area contributed by atoms with E-state index in [2.05, 4.69) is 20.1 Å². The molecule has 29 heavy (non-hydrogen) atoms. The highest BCUT2D eigenvalue weighted by Crippen LogP contribution is 2.33. The van der Waals surface area contributed by atoms with Crippen LogP contribution in [0.3, 0.4) is 0 Å². The van der Waals surface area contributed by atoms with E-state index in [9.17, 15) is 13.2 Å². The summed E-state index contributed by atoms with van der Waals surface area (Å²) in [7, 11) is 0. The Balaban J connectivity index is 0.00000240. The second-order valence-corrected chi connectivity index (χ2v) is 6.41. The number of hydrogen-bond acceptors (Lipinski definition) is 5. The molecule has 0 amide bonds. The number of nitrogens with zero attached hydrogens (tertiary/aromatic N) is 3. The molecule has 0 saturated carbocycles. The number of nitrogens with one attached hydrogen (secondary N) is 1. The van der Waals surface area contributed by atoms with Crippen molar-refractivity contribution in [1.82, 2.24) is 20.1 Å². The Kier molecular flexibility index (Phi) is 5.72. The summed E-state index contributed by atoms with van der Waals surface area (Å²) in [5, 5.41) is 3.95. The summed E-state index contributed by atoms with van der Waals surface area (Å²) in [6.07, 6.45) is -4.89. The summed E-state index contributed by atoms with van der Waals surface area (Å²) in [5.41, 5.74) is 2.81. The SMILES string of the molecule is CC(Oc1ccc(-c2nc(-c3ccc4nc[nH]c4c3)no2)cc1Cl)C(F)(F)F.Cl. The molecule has 0 aliphatic carbocycles. The second kappa shape index (κ2) is 7.92. The third kappa shape index (κ3) is 4.30. The van der Waals surface area contributed by atoms with Crippen molar-refractivity contribution in [1.29, 1.82) is 0 Å². The van der Waals surface area contributed by atoms with Gasteiger partial charge in [-0.15, -0.1) is 12.4 Å². The van der Waals surface area contributed by atoms with Gasteiger partial charge in [-0.05, 0) is 43.3 Å². The molecule has 0 radical (unpaired) electrons. The van der Waals surface area contributed by atoms with Crippen LogP contribution in [-0.4, -0.2) is 32.4 Å². The van der Waals surface area contributed by atoms with E-state index in [0.717, 1.165) is 23.5 Å². The van der Waals surface area contributed by atoms with E-state index in [1.165, 1.54) is 18.2 Å². The summed E-state index contributed by atoms with van der Waals surface area (Å²) < 4.78 is 48.1. The molecule has 0 saturated heterocycles. The third-order valence-corrected chi connectivity index (χ3v) is 4.34. The molecular formula is C18H13Cl2F3N4O2. The highest BCUT2D eigenvalue weighted by molar-refractivity contribution is 6.32. The van der Waals surface area contributed by atoms with E-state index in [1.54, 1.807) is 12.4 Å². The molecule has 1 atom stereocenters. The Morgan fingerprint density at radius 3 is 2.62 bits per heavy atom. The van der Waals surface area contributed by atoms with E-state index in [4.69, 9.17) is 20.9 Å². The zero-order valence-corrected chi connectivity index (χ0v) is 16.3. The average molecular weight is 445 g/mol. The van der Waals surface area contributed by atoms with E-state index >= 15 is 0 Å². The zero-order valence-electron chi connectivity index (χ0n) is 14.7. The monoisotopic (exact) mass is 444 g/mol. The van der Waals surface area contributed by atoms with Gasteiger partial charge < -0.3 is 14.2 Å². The lowest BCUT2D eigenvalue weighted by molar-refractivity contribution is -0.189. The number of imidazole rings is 1. The maximum absolute atomic E-state index is 12.6. The number of halogens is 5. The molecule has 2 aromatic carbocycles. The van der Waals surface area contributed by atoms with Crippen LogP contribution in [0.2, 0.25) is 5.02 Å². The number of aromatic nitrogens is 4. The molecule has 2 heterocycles. The van der Waals surface area contributed by atoms with Gasteiger partial charge in [-0.2, -0.15) is 18.2 Å². The van der Waals surface area contributed by atoms with E-state index in [0.29, 0.717) is 11.4 Å². The van der Waals surface area contributed by atoms with Crippen molar-refractivity contribution in [2.45, 2.75) is 19.2 Å². The molecule has 6 nitrogen and oxygen atoms in total. The Hall–Kier alpha value is -2.78. The van der Waals surface area contributed by atoms with Crippen molar-refractivity contribution in [3.8, 4) is 28.6 Å². The predicted octanol–water partition coefficient (Wildman–Crippen LogP) is 5.68. The third-order valence-electron chi connectivity index (χ3n) is 4.05. The molecule has 0 aliphatic heterocycles. The minimum atomic E-state index is -4.49. The fourth-order valence-electron chi connectivity index (χ4n) is 2.52. The number of ether oxygens (including phenoxy) is 1. The van der Waals surface area contributed by atoms with Gasteiger partial charge in [0.15, 0.2) is 6.10 Å². The molecule has 1 unspecified atom stereocenters. The number of H-pyrrole nitrogens is 1. The van der Waals surface area contributed by atoms with Gasteiger partial charge in [0, 0.05) is 11.1 Å². The summed E-state index contributed by atoms with van der Waals surface area (Å²) >= 11 is 6.06. The van der Waals surface area contributed by atoms with Crippen LogP contribution in [0.1, 0.15) is 6.92 Å². The molecule has 4 rings (SSSR count). The Labute approximate surface area is 173 Å². The summed E-state index contributed by atoms with van der Waals surface area (Å²) in [6, 6.07) is 9.71. The zero-order chi connectivity index (χ0) is 19.9. The molecule has 1 N–H and O–H groups in total. The largest absolute Gasteiger partial charge is 0.480 e. The molecule has 0 fully saturated rings. The quantitative estimate of drug-likeness (QED) is 0.437. The number of hydrogen-bond donors (Lipinski definition) is 1. The van der Waals surface area contributed by atoms with Crippen LogP contribution in [0.25, 0.3) is 33.9 Å². The predicted molar refractivity (Wildman–Crippen MR) is 103 cm³/mol. The van der Waals surface area contributed by atoms with Gasteiger partial charge in [-0.1, -0.05) is 16.8 Å². The number of rotatable bonds is 4. The van der Waals surface area contributed by atoms with Gasteiger partial charge in [0.2, 0.25) is 5.82 Å². The standard InChI is InChI=1S/C18H12ClF3N4O2.ClH/c1-9(18(20,21)22)27-15-5-3-11(6-12(15)19)17-25-16(26-28-17)10-2-4-13-14(7-10)24-8-23-13;/h2-9H,1H3,(H,23,24);1H. The summed E-state index contributed by atoms with van der Waals surface area (Å²) in [4.78, 5) is 11.5. The van der Waals surface area contributed by atoms with Crippen LogP contribution < -0.4 is 4.74 Å². The first-order valence-electron chi connectivity index (χ1n) is 8.12. The van der Waals surface area contributed by atoms with Gasteiger partial charge in [0.05, 0.1) is 22.4 Å². The smallest absolute Gasteiger partial charge is 0.425 e. The fourth-order valence-corrected chi connectivity index (χ4v) is 2.74. The Morgan fingerprint density at radius 2 is 1.90 bits per heavy atom. The fraction of sp³-hybridized carbons (Fsp3) is 0.167. The van der Waals surface area contributed by atoms with E-state index in [-0.39, 0.29) is 29.1 Å². The number of benzene rings is 2. The van der Waals surface area contributed by atoms with Crippen molar-refractivity contribution in [2.75, 3.05) is 0 Å². The number of alkyl halides is 3. The van der Waals surface area contributed by atoms with Crippen LogP contribution in [0, 0.1) is 0 Å². The maximum atomic E-state index is 12.6. The van der Waals surface area contributed by atoms with Crippen LogP contribution in [0.4, 0.5) is 13.2 Å². The lowest BCUT2D eigenvalue weighted by atomic mass is 10.2. The van der Waals surface area contributed by atoms with Crippen molar-refractivity contribution in [2.24, 2.45) is 0 Å². The van der Waals surface area contributed by atoms with Crippen LogP contribution in [0.5, 0.6) is 5.75 Å². The van der Waals surface area contributed by atoms with Crippen LogP contribution >= 0.6 is 24.0 Å². The molecule has 152 valence electrons. The number of fused-ring (bicyclic) bond motifs is 1. The summed E-state index contributed by atoms with van der Waals surface area (Å²) in [6.45, 7) is 0.908. The minimum Gasteiger partial charge on any atom is -0.480 e. The van der Waals surface area contributed by atoms with Gasteiger partial charge in [0.1, 0.15) is 5.75 Å². The van der Waals surface area contributed by atoms with E-state index in [1.807, 2.05) is 12.1 Å². The number of aromatic amines is 1. The lowest BCUT2D eigenvalue weighted by Crippen LogP contribution is -2.31. The van der Waals surface area contributed by atoms with Gasteiger partial charge in [-0.25, -0.2) is 4.98 Å². The first-order chi connectivity index (χ1) is 13.3. The van der Waals surface area contributed by atoms with Crippen molar-refractivity contribution in [3.05, 3.63) is 47.7 Å².